The molecule has 1 amide bonds. The van der Waals surface area contributed by atoms with Crippen molar-refractivity contribution < 1.29 is 14.5 Å². The van der Waals surface area contributed by atoms with Crippen LogP contribution in [0.25, 0.3) is 0 Å². The molecule has 0 aliphatic carbocycles. The lowest BCUT2D eigenvalue weighted by molar-refractivity contribution is -0.525. The van der Waals surface area contributed by atoms with Crippen molar-refractivity contribution in [3.63, 3.8) is 0 Å². The summed E-state index contributed by atoms with van der Waals surface area (Å²) in [6, 6.07) is 7.90. The van der Waals surface area contributed by atoms with Crippen molar-refractivity contribution in [2.45, 2.75) is 19.4 Å². The second-order valence-electron chi connectivity index (χ2n) is 3.44. The van der Waals surface area contributed by atoms with Gasteiger partial charge in [0.2, 0.25) is 6.04 Å². The first-order chi connectivity index (χ1) is 8.13. The zero-order valence-corrected chi connectivity index (χ0v) is 9.46. The van der Waals surface area contributed by atoms with E-state index in [0.29, 0.717) is 12.1 Å². The van der Waals surface area contributed by atoms with Crippen molar-refractivity contribution in [1.29, 1.82) is 0 Å². The number of nitrogens with zero attached hydrogens (tertiary/aromatic N) is 1. The molecule has 0 spiro atoms. The van der Waals surface area contributed by atoms with Crippen molar-refractivity contribution in [3.8, 4) is 0 Å². The lowest BCUT2D eigenvalue weighted by Gasteiger charge is -2.09. The first-order valence-corrected chi connectivity index (χ1v) is 5.25. The van der Waals surface area contributed by atoms with E-state index in [2.05, 4.69) is 5.32 Å². The maximum absolute atomic E-state index is 11.3. The van der Waals surface area contributed by atoms with Crippen molar-refractivity contribution in [3.05, 3.63) is 40.4 Å². The predicted molar refractivity (Wildman–Crippen MR) is 62.5 cm³/mol. The first-order valence-electron chi connectivity index (χ1n) is 5.25. The summed E-state index contributed by atoms with van der Waals surface area (Å²) in [6.45, 7) is 1.45. The lowest BCUT2D eigenvalue weighted by atomic mass is 10.2. The van der Waals surface area contributed by atoms with Gasteiger partial charge < -0.3 is 4.74 Å². The summed E-state index contributed by atoms with van der Waals surface area (Å²) in [4.78, 5) is 21.3. The monoisotopic (exact) mass is 238 g/mol. The van der Waals surface area contributed by atoms with Gasteiger partial charge in [-0.15, -0.1) is 0 Å². The molecule has 0 radical (unpaired) electrons. The molecule has 6 nitrogen and oxygen atoms in total. The lowest BCUT2D eigenvalue weighted by Crippen LogP contribution is -2.27. The van der Waals surface area contributed by atoms with Gasteiger partial charge in [0.05, 0.1) is 0 Å². The molecule has 1 aromatic carbocycles. The minimum atomic E-state index is -0.850. The summed E-state index contributed by atoms with van der Waals surface area (Å²) in [5.41, 5.74) is 0.589. The van der Waals surface area contributed by atoms with Crippen LogP contribution in [0.5, 0.6) is 0 Å². The molecule has 1 unspecified atom stereocenters. The van der Waals surface area contributed by atoms with E-state index in [-0.39, 0.29) is 6.61 Å². The first kappa shape index (κ1) is 13.0. The largest absolute Gasteiger partial charge is 0.442 e. The summed E-state index contributed by atoms with van der Waals surface area (Å²) < 4.78 is 4.77. The van der Waals surface area contributed by atoms with Crippen LogP contribution in [-0.4, -0.2) is 23.7 Å². The summed E-state index contributed by atoms with van der Waals surface area (Å²) in [5.74, 6) is 0. The van der Waals surface area contributed by atoms with Gasteiger partial charge in [-0.1, -0.05) is 25.1 Å². The van der Waals surface area contributed by atoms with Crippen LogP contribution in [0.3, 0.4) is 0 Å². The van der Waals surface area contributed by atoms with Gasteiger partial charge in [0.1, 0.15) is 0 Å². The average Bonchev–Trinajstić information content (AvgIpc) is 2.30. The van der Waals surface area contributed by atoms with Gasteiger partial charge in [-0.05, 0) is 12.1 Å². The number of ether oxygens (including phenoxy) is 1. The number of rotatable bonds is 5. The SMILES string of the molecule is CCC(COC(=O)Nc1ccccc1)[N+](=O)[O-]. The zero-order chi connectivity index (χ0) is 12.7. The van der Waals surface area contributed by atoms with E-state index >= 15 is 0 Å². The Morgan fingerprint density at radius 3 is 2.65 bits per heavy atom. The van der Waals surface area contributed by atoms with E-state index in [1.807, 2.05) is 6.07 Å². The smallest absolute Gasteiger partial charge is 0.411 e. The van der Waals surface area contributed by atoms with Crippen molar-refractivity contribution >= 4 is 11.8 Å². The maximum atomic E-state index is 11.3. The zero-order valence-electron chi connectivity index (χ0n) is 9.46. The molecule has 0 saturated carbocycles. The average molecular weight is 238 g/mol. The van der Waals surface area contributed by atoms with Gasteiger partial charge in [0.25, 0.3) is 0 Å². The van der Waals surface area contributed by atoms with Crippen LogP contribution in [0, 0.1) is 10.1 Å². The van der Waals surface area contributed by atoms with Crippen molar-refractivity contribution in [2.75, 3.05) is 11.9 Å². The van der Waals surface area contributed by atoms with E-state index in [1.54, 1.807) is 31.2 Å². The van der Waals surface area contributed by atoms with Gasteiger partial charge in [0, 0.05) is 17.0 Å². The fourth-order valence-corrected chi connectivity index (χ4v) is 1.18. The Morgan fingerprint density at radius 1 is 1.47 bits per heavy atom. The molecule has 6 heteroatoms. The molecule has 1 rings (SSSR count). The Labute approximate surface area is 98.7 Å². The number of nitrogens with one attached hydrogen (secondary N) is 1. The van der Waals surface area contributed by atoms with Crippen molar-refractivity contribution in [1.82, 2.24) is 0 Å². The third kappa shape index (κ3) is 4.50. The summed E-state index contributed by atoms with van der Waals surface area (Å²) in [7, 11) is 0. The molecule has 1 aromatic rings. The molecule has 0 aliphatic heterocycles. The van der Waals surface area contributed by atoms with Gasteiger partial charge in [-0.25, -0.2) is 4.79 Å². The third-order valence-corrected chi connectivity index (χ3v) is 2.20. The second kappa shape index (κ2) is 6.47. The Kier molecular flexibility index (Phi) is 4.93. The number of para-hydroxylation sites is 1. The van der Waals surface area contributed by atoms with Crippen LogP contribution >= 0.6 is 0 Å². The molecule has 1 atom stereocenters. The van der Waals surface area contributed by atoms with Crippen molar-refractivity contribution in [2.24, 2.45) is 0 Å². The quantitative estimate of drug-likeness (QED) is 0.630. The van der Waals surface area contributed by atoms with E-state index < -0.39 is 17.1 Å². The minimum absolute atomic E-state index is 0.220. The molecule has 0 saturated heterocycles. The number of hydrogen-bond acceptors (Lipinski definition) is 4. The molecule has 0 aromatic heterocycles. The molecule has 17 heavy (non-hydrogen) atoms. The highest BCUT2D eigenvalue weighted by atomic mass is 16.6. The van der Waals surface area contributed by atoms with Gasteiger partial charge >= 0.3 is 6.09 Å². The standard InChI is InChI=1S/C11H14N2O4/c1-2-10(13(15)16)8-17-11(14)12-9-6-4-3-5-7-9/h3-7,10H,2,8H2,1H3,(H,12,14). The number of amides is 1. The third-order valence-electron chi connectivity index (χ3n) is 2.20. The Hall–Kier alpha value is -2.11. The molecule has 0 bridgehead atoms. The van der Waals surface area contributed by atoms with Crippen LogP contribution in [0.4, 0.5) is 10.5 Å². The number of hydrogen-bond donors (Lipinski definition) is 1. The topological polar surface area (TPSA) is 81.5 Å². The number of carbonyl (C=O) groups is 1. The van der Waals surface area contributed by atoms with Gasteiger partial charge in [0.15, 0.2) is 6.61 Å². The van der Waals surface area contributed by atoms with Gasteiger partial charge in [-0.3, -0.25) is 15.4 Å². The van der Waals surface area contributed by atoms with Gasteiger partial charge in [-0.2, -0.15) is 0 Å². The normalized spacial score (nSPS) is 11.6. The molecule has 92 valence electrons. The highest BCUT2D eigenvalue weighted by molar-refractivity contribution is 5.84. The maximum Gasteiger partial charge on any atom is 0.411 e. The number of anilines is 1. The molecule has 0 heterocycles. The predicted octanol–water partition coefficient (Wildman–Crippen LogP) is 2.29. The highest BCUT2D eigenvalue weighted by Gasteiger charge is 2.19. The second-order valence-corrected chi connectivity index (χ2v) is 3.44. The number of nitro groups is 1. The van der Waals surface area contributed by atoms with Crippen LogP contribution in [0.15, 0.2) is 30.3 Å². The molecule has 1 N–H and O–H groups in total. The fraction of sp³-hybridized carbons (Fsp3) is 0.364. The Morgan fingerprint density at radius 2 is 2.12 bits per heavy atom. The molecule has 0 fully saturated rings. The summed E-state index contributed by atoms with van der Waals surface area (Å²) in [6.07, 6.45) is -0.359. The fourth-order valence-electron chi connectivity index (χ4n) is 1.18. The summed E-state index contributed by atoms with van der Waals surface area (Å²) in [5, 5.41) is 13.0. The Balaban J connectivity index is 2.38. The summed E-state index contributed by atoms with van der Waals surface area (Å²) >= 11 is 0. The van der Waals surface area contributed by atoms with Crippen LogP contribution in [0.2, 0.25) is 0 Å². The van der Waals surface area contributed by atoms with E-state index in [0.717, 1.165) is 0 Å². The number of carbonyl (C=O) groups excluding carboxylic acids is 1. The number of benzene rings is 1. The molecular weight excluding hydrogens is 224 g/mol. The van der Waals surface area contributed by atoms with Crippen LogP contribution in [-0.2, 0) is 4.74 Å². The Bertz CT molecular complexity index is 380. The molecule has 0 aliphatic rings. The van der Waals surface area contributed by atoms with E-state index in [1.165, 1.54) is 0 Å². The van der Waals surface area contributed by atoms with E-state index in [4.69, 9.17) is 4.74 Å². The molecular formula is C11H14N2O4. The minimum Gasteiger partial charge on any atom is -0.442 e. The van der Waals surface area contributed by atoms with E-state index in [9.17, 15) is 14.9 Å². The highest BCUT2D eigenvalue weighted by Crippen LogP contribution is 2.06. The van der Waals surface area contributed by atoms with Crippen LogP contribution in [0.1, 0.15) is 13.3 Å². The van der Waals surface area contributed by atoms with Crippen LogP contribution < -0.4 is 5.32 Å².